The van der Waals surface area contributed by atoms with Gasteiger partial charge in [0.15, 0.2) is 0 Å². The first-order valence-corrected chi connectivity index (χ1v) is 8.30. The van der Waals surface area contributed by atoms with Gasteiger partial charge in [0.2, 0.25) is 0 Å². The van der Waals surface area contributed by atoms with E-state index in [1.165, 1.54) is 44.9 Å². The van der Waals surface area contributed by atoms with Crippen molar-refractivity contribution in [1.29, 1.82) is 0 Å². The van der Waals surface area contributed by atoms with E-state index in [2.05, 4.69) is 6.92 Å². The maximum Gasteiger partial charge on any atom is 2.00 e. The summed E-state index contributed by atoms with van der Waals surface area (Å²) in [7, 11) is -4.24. The van der Waals surface area contributed by atoms with Crippen molar-refractivity contribution < 1.29 is 31.4 Å². The summed E-state index contributed by atoms with van der Waals surface area (Å²) >= 11 is 0. The van der Waals surface area contributed by atoms with Crippen molar-refractivity contribution in [1.82, 2.24) is 0 Å². The second kappa shape index (κ2) is 13.1. The van der Waals surface area contributed by atoms with Crippen LogP contribution in [0.2, 0.25) is 0 Å². The molecule has 104 valence electrons. The summed E-state index contributed by atoms with van der Waals surface area (Å²) in [4.78, 5) is 20.7. The Kier molecular flexibility index (Phi) is 15.4. The standard InChI is InChI=1S/C12H27O3P.Fe/c1-2-3-4-5-6-7-8-9-10-11-12-16(13,14)15;/h2-12H2,1H3,(H2,13,14,15);/q;+2/p-2. The first-order chi connectivity index (χ1) is 7.56. The molecule has 0 aliphatic carbocycles. The van der Waals surface area contributed by atoms with Crippen LogP contribution in [0.25, 0.3) is 0 Å². The van der Waals surface area contributed by atoms with Crippen LogP contribution in [0.1, 0.15) is 71.1 Å². The van der Waals surface area contributed by atoms with Crippen molar-refractivity contribution in [2.75, 3.05) is 6.16 Å². The number of hydrogen-bond acceptors (Lipinski definition) is 3. The molecule has 0 amide bonds. The van der Waals surface area contributed by atoms with E-state index in [9.17, 15) is 14.4 Å². The molecule has 0 aromatic carbocycles. The molecule has 0 spiro atoms. The Bertz CT molecular complexity index is 194. The minimum atomic E-state index is -4.24. The van der Waals surface area contributed by atoms with E-state index in [4.69, 9.17) is 0 Å². The van der Waals surface area contributed by atoms with E-state index in [1.54, 1.807) is 0 Å². The van der Waals surface area contributed by atoms with Gasteiger partial charge in [-0.25, -0.2) is 0 Å². The molecular weight excluding hydrogens is 279 g/mol. The van der Waals surface area contributed by atoms with Gasteiger partial charge in [0.05, 0.1) is 0 Å². The Morgan fingerprint density at radius 1 is 0.765 bits per heavy atom. The van der Waals surface area contributed by atoms with Crippen molar-refractivity contribution in [2.45, 2.75) is 71.1 Å². The average Bonchev–Trinajstić information content (AvgIpc) is 2.19. The molecule has 5 heteroatoms. The number of hydrogen-bond donors (Lipinski definition) is 0. The molecular formula is C12H25FeO3P. The summed E-state index contributed by atoms with van der Waals surface area (Å²) in [5.74, 6) is 0. The molecule has 0 rings (SSSR count). The summed E-state index contributed by atoms with van der Waals surface area (Å²) in [5, 5.41) is 0. The van der Waals surface area contributed by atoms with Crippen LogP contribution in [0, 0.1) is 0 Å². The summed E-state index contributed by atoms with van der Waals surface area (Å²) in [6.07, 6.45) is 11.3. The maximum atomic E-state index is 10.3. The molecule has 0 saturated heterocycles. The van der Waals surface area contributed by atoms with Crippen LogP contribution in [-0.4, -0.2) is 6.16 Å². The molecule has 0 radical (unpaired) electrons. The van der Waals surface area contributed by atoms with Crippen molar-refractivity contribution in [2.24, 2.45) is 0 Å². The monoisotopic (exact) mass is 304 g/mol. The van der Waals surface area contributed by atoms with Gasteiger partial charge >= 0.3 is 17.1 Å². The van der Waals surface area contributed by atoms with Crippen LogP contribution >= 0.6 is 7.60 Å². The van der Waals surface area contributed by atoms with Crippen LogP contribution in [0.3, 0.4) is 0 Å². The van der Waals surface area contributed by atoms with E-state index in [0.717, 1.165) is 12.8 Å². The van der Waals surface area contributed by atoms with Crippen molar-refractivity contribution >= 4 is 7.60 Å². The molecule has 0 aromatic heterocycles. The van der Waals surface area contributed by atoms with E-state index in [1.807, 2.05) is 0 Å². The third-order valence-electron chi connectivity index (χ3n) is 2.79. The molecule has 0 fully saturated rings. The molecule has 3 nitrogen and oxygen atoms in total. The molecule has 0 aliphatic rings. The zero-order valence-electron chi connectivity index (χ0n) is 10.8. The molecule has 0 unspecified atom stereocenters. The summed E-state index contributed by atoms with van der Waals surface area (Å²) < 4.78 is 10.3. The quantitative estimate of drug-likeness (QED) is 0.335. The van der Waals surface area contributed by atoms with Crippen molar-refractivity contribution in [3.8, 4) is 0 Å². The average molecular weight is 304 g/mol. The zero-order chi connectivity index (χ0) is 12.3. The van der Waals surface area contributed by atoms with E-state index < -0.39 is 7.60 Å². The fourth-order valence-electron chi connectivity index (χ4n) is 1.79. The Labute approximate surface area is 116 Å². The van der Waals surface area contributed by atoms with Crippen LogP contribution < -0.4 is 9.79 Å². The van der Waals surface area contributed by atoms with Gasteiger partial charge in [-0.3, -0.25) is 0 Å². The number of rotatable bonds is 11. The van der Waals surface area contributed by atoms with Gasteiger partial charge in [-0.2, -0.15) is 0 Å². The normalized spacial score (nSPS) is 11.2. The number of unbranched alkanes of at least 4 members (excludes halogenated alkanes) is 9. The zero-order valence-corrected chi connectivity index (χ0v) is 12.8. The van der Waals surface area contributed by atoms with Gasteiger partial charge in [-0.1, -0.05) is 72.3 Å². The van der Waals surface area contributed by atoms with E-state index in [-0.39, 0.29) is 23.2 Å². The summed E-state index contributed by atoms with van der Waals surface area (Å²) in [5.41, 5.74) is 0. The van der Waals surface area contributed by atoms with E-state index >= 15 is 0 Å². The van der Waals surface area contributed by atoms with Crippen LogP contribution in [0.5, 0.6) is 0 Å². The van der Waals surface area contributed by atoms with Gasteiger partial charge in [0.1, 0.15) is 0 Å². The predicted octanol–water partition coefficient (Wildman–Crippen LogP) is 2.82. The third-order valence-corrected chi connectivity index (χ3v) is 3.65. The van der Waals surface area contributed by atoms with Crippen molar-refractivity contribution in [3.63, 3.8) is 0 Å². The Hall–Kier alpha value is 0.669. The minimum Gasteiger partial charge on any atom is -0.811 e. The maximum absolute atomic E-state index is 10.3. The minimum absolute atomic E-state index is 0. The van der Waals surface area contributed by atoms with Gasteiger partial charge in [0, 0.05) is 0 Å². The summed E-state index contributed by atoms with van der Waals surface area (Å²) in [6, 6.07) is 0. The summed E-state index contributed by atoms with van der Waals surface area (Å²) in [6.45, 7) is 2.21. The molecule has 0 atom stereocenters. The first-order valence-electron chi connectivity index (χ1n) is 6.57. The Morgan fingerprint density at radius 3 is 1.47 bits per heavy atom. The molecule has 0 N–H and O–H groups in total. The second-order valence-electron chi connectivity index (χ2n) is 4.52. The largest absolute Gasteiger partial charge is 2.00 e. The SMILES string of the molecule is CCCCCCCCCCCCP(=O)([O-])[O-].[Fe+2]. The predicted molar refractivity (Wildman–Crippen MR) is 64.3 cm³/mol. The fourth-order valence-corrected chi connectivity index (χ4v) is 2.40. The smallest absolute Gasteiger partial charge is 0.811 e. The third kappa shape index (κ3) is 19.2. The fraction of sp³-hybridized carbons (Fsp3) is 1.00. The first kappa shape index (κ1) is 20.0. The molecule has 0 aliphatic heterocycles. The van der Waals surface area contributed by atoms with E-state index in [0.29, 0.717) is 6.42 Å². The topological polar surface area (TPSA) is 63.2 Å². The van der Waals surface area contributed by atoms with Gasteiger partial charge in [0.25, 0.3) is 0 Å². The van der Waals surface area contributed by atoms with Crippen molar-refractivity contribution in [3.05, 3.63) is 0 Å². The van der Waals surface area contributed by atoms with Crippen LogP contribution in [0.15, 0.2) is 0 Å². The second-order valence-corrected chi connectivity index (χ2v) is 6.19. The molecule has 0 bridgehead atoms. The van der Waals surface area contributed by atoms with Crippen LogP contribution in [-0.2, 0) is 21.6 Å². The molecule has 0 saturated carbocycles. The molecule has 0 aromatic rings. The van der Waals surface area contributed by atoms with Gasteiger partial charge < -0.3 is 14.4 Å². The van der Waals surface area contributed by atoms with Gasteiger partial charge in [-0.05, 0) is 12.6 Å². The molecule has 17 heavy (non-hydrogen) atoms. The Morgan fingerprint density at radius 2 is 1.12 bits per heavy atom. The van der Waals surface area contributed by atoms with Crippen LogP contribution in [0.4, 0.5) is 0 Å². The molecule has 0 heterocycles. The Balaban J connectivity index is 0. The van der Waals surface area contributed by atoms with Gasteiger partial charge in [-0.15, -0.1) is 0 Å².